The summed E-state index contributed by atoms with van der Waals surface area (Å²) in [5, 5.41) is 8.68. The zero-order valence-corrected chi connectivity index (χ0v) is 11.4. The molecule has 2 aromatic rings. The van der Waals surface area contributed by atoms with Crippen LogP contribution in [0, 0.1) is 0 Å². The Bertz CT molecular complexity index is 583. The smallest absolute Gasteiger partial charge is 0.307 e. The van der Waals surface area contributed by atoms with Crippen LogP contribution >= 0.6 is 0 Å². The summed E-state index contributed by atoms with van der Waals surface area (Å²) in [6.45, 7) is 3.79. The first-order valence-electron chi connectivity index (χ1n) is 6.68. The number of hydrogen-bond donors (Lipinski definition) is 1. The van der Waals surface area contributed by atoms with E-state index in [-0.39, 0.29) is 6.42 Å². The molecule has 0 unspecified atom stereocenters. The number of hydrogen-bond acceptors (Lipinski definition) is 1. The molecule has 2 heteroatoms. The molecular formula is C18H18O2. The zero-order valence-electron chi connectivity index (χ0n) is 11.4. The molecule has 2 nitrogen and oxygen atoms in total. The molecule has 0 aliphatic heterocycles. The Morgan fingerprint density at radius 3 is 2.15 bits per heavy atom. The van der Waals surface area contributed by atoms with Crippen molar-refractivity contribution < 1.29 is 9.90 Å². The molecule has 0 aromatic heterocycles. The summed E-state index contributed by atoms with van der Waals surface area (Å²) in [4.78, 5) is 10.6. The first kappa shape index (κ1) is 14.1. The van der Waals surface area contributed by atoms with Gasteiger partial charge in [0.25, 0.3) is 0 Å². The van der Waals surface area contributed by atoms with Crippen molar-refractivity contribution in [1.82, 2.24) is 0 Å². The highest BCUT2D eigenvalue weighted by atomic mass is 16.4. The van der Waals surface area contributed by atoms with Gasteiger partial charge in [0.2, 0.25) is 0 Å². The lowest BCUT2D eigenvalue weighted by molar-refractivity contribution is -0.136. The van der Waals surface area contributed by atoms with E-state index in [1.165, 1.54) is 16.7 Å². The second kappa shape index (κ2) is 6.71. The van der Waals surface area contributed by atoms with Crippen molar-refractivity contribution in [3.63, 3.8) is 0 Å². The predicted molar refractivity (Wildman–Crippen MR) is 81.6 cm³/mol. The Morgan fingerprint density at radius 2 is 1.55 bits per heavy atom. The lowest BCUT2D eigenvalue weighted by Gasteiger charge is -2.05. The van der Waals surface area contributed by atoms with Gasteiger partial charge >= 0.3 is 5.97 Å². The third-order valence-corrected chi connectivity index (χ3v) is 3.23. The fraction of sp³-hybridized carbons (Fsp3) is 0.167. The quantitative estimate of drug-likeness (QED) is 0.791. The molecule has 0 spiro atoms. The van der Waals surface area contributed by atoms with Gasteiger partial charge in [-0.25, -0.2) is 0 Å². The largest absolute Gasteiger partial charge is 0.481 e. The Labute approximate surface area is 119 Å². The maximum Gasteiger partial charge on any atom is 0.307 e. The average Bonchev–Trinajstić information content (AvgIpc) is 2.46. The van der Waals surface area contributed by atoms with Crippen molar-refractivity contribution >= 4 is 5.97 Å². The number of benzene rings is 2. The summed E-state index contributed by atoms with van der Waals surface area (Å²) in [5.74, 6) is -0.811. The fourth-order valence-electron chi connectivity index (χ4n) is 2.12. The van der Waals surface area contributed by atoms with Crippen molar-refractivity contribution in [3.05, 3.63) is 72.3 Å². The first-order chi connectivity index (χ1) is 9.65. The maximum atomic E-state index is 10.6. The Kier molecular flexibility index (Phi) is 4.72. The summed E-state index contributed by atoms with van der Waals surface area (Å²) in [6, 6.07) is 18.6. The van der Waals surface area contributed by atoms with Crippen LogP contribution in [-0.4, -0.2) is 11.1 Å². The fourth-order valence-corrected chi connectivity index (χ4v) is 2.12. The molecule has 0 aliphatic rings. The molecule has 0 saturated heterocycles. The molecule has 2 rings (SSSR count). The second-order valence-electron chi connectivity index (χ2n) is 4.88. The standard InChI is InChI=1S/C18H18O2/c1-14(13-18(19)20)7-8-15-9-11-17(12-10-15)16-5-3-2-4-6-16/h2-6,9-12H,1,7-8,13H2,(H,19,20). The first-order valence-corrected chi connectivity index (χ1v) is 6.68. The minimum Gasteiger partial charge on any atom is -0.481 e. The van der Waals surface area contributed by atoms with E-state index in [2.05, 4.69) is 43.0 Å². The second-order valence-corrected chi connectivity index (χ2v) is 4.88. The van der Waals surface area contributed by atoms with Crippen LogP contribution in [0.3, 0.4) is 0 Å². The van der Waals surface area contributed by atoms with Crippen LogP contribution in [0.2, 0.25) is 0 Å². The Balaban J connectivity index is 1.95. The highest BCUT2D eigenvalue weighted by Crippen LogP contribution is 2.20. The SMILES string of the molecule is C=C(CCc1ccc(-c2ccccc2)cc1)CC(=O)O. The molecule has 0 bridgehead atoms. The van der Waals surface area contributed by atoms with Gasteiger partial charge in [-0.3, -0.25) is 4.79 Å². The van der Waals surface area contributed by atoms with Gasteiger partial charge in [-0.05, 0) is 29.5 Å². The lowest BCUT2D eigenvalue weighted by atomic mass is 10.00. The van der Waals surface area contributed by atoms with Crippen LogP contribution in [0.4, 0.5) is 0 Å². The van der Waals surface area contributed by atoms with E-state index in [0.717, 1.165) is 18.4 Å². The van der Waals surface area contributed by atoms with Gasteiger partial charge in [0.1, 0.15) is 0 Å². The van der Waals surface area contributed by atoms with Gasteiger partial charge in [-0.15, -0.1) is 0 Å². The molecular weight excluding hydrogens is 248 g/mol. The third kappa shape index (κ3) is 4.09. The number of rotatable bonds is 6. The summed E-state index contributed by atoms with van der Waals surface area (Å²) < 4.78 is 0. The van der Waals surface area contributed by atoms with Crippen molar-refractivity contribution in [1.29, 1.82) is 0 Å². The number of aryl methyl sites for hydroxylation is 1. The van der Waals surface area contributed by atoms with Crippen LogP contribution in [0.25, 0.3) is 11.1 Å². The van der Waals surface area contributed by atoms with Gasteiger partial charge in [-0.1, -0.05) is 66.7 Å². The van der Waals surface area contributed by atoms with Crippen molar-refractivity contribution in [2.75, 3.05) is 0 Å². The van der Waals surface area contributed by atoms with Crippen LogP contribution in [0.1, 0.15) is 18.4 Å². The van der Waals surface area contributed by atoms with E-state index in [0.29, 0.717) is 0 Å². The highest BCUT2D eigenvalue weighted by Gasteiger charge is 2.03. The maximum absolute atomic E-state index is 10.6. The molecule has 0 amide bonds. The highest BCUT2D eigenvalue weighted by molar-refractivity contribution is 5.69. The van der Waals surface area contributed by atoms with E-state index < -0.39 is 5.97 Å². The van der Waals surface area contributed by atoms with Crippen molar-refractivity contribution in [2.45, 2.75) is 19.3 Å². The molecule has 1 N–H and O–H groups in total. The minimum absolute atomic E-state index is 0.0576. The number of carboxylic acid groups (broad SMARTS) is 1. The average molecular weight is 266 g/mol. The summed E-state index contributed by atoms with van der Waals surface area (Å²) in [6.07, 6.45) is 1.61. The number of aliphatic carboxylic acids is 1. The zero-order chi connectivity index (χ0) is 14.4. The van der Waals surface area contributed by atoms with Crippen molar-refractivity contribution in [2.24, 2.45) is 0 Å². The topological polar surface area (TPSA) is 37.3 Å². The molecule has 20 heavy (non-hydrogen) atoms. The summed E-state index contributed by atoms with van der Waals surface area (Å²) in [7, 11) is 0. The molecule has 0 saturated carbocycles. The van der Waals surface area contributed by atoms with Crippen LogP contribution in [0.15, 0.2) is 66.7 Å². The van der Waals surface area contributed by atoms with Gasteiger partial charge in [0.05, 0.1) is 6.42 Å². The molecule has 0 heterocycles. The van der Waals surface area contributed by atoms with E-state index in [1.807, 2.05) is 18.2 Å². The van der Waals surface area contributed by atoms with Crippen LogP contribution in [0.5, 0.6) is 0 Å². The van der Waals surface area contributed by atoms with Gasteiger partial charge in [0, 0.05) is 0 Å². The Morgan fingerprint density at radius 1 is 0.950 bits per heavy atom. The number of carboxylic acids is 1. The van der Waals surface area contributed by atoms with E-state index >= 15 is 0 Å². The molecule has 0 aliphatic carbocycles. The van der Waals surface area contributed by atoms with Crippen LogP contribution < -0.4 is 0 Å². The Hall–Kier alpha value is -2.35. The van der Waals surface area contributed by atoms with E-state index in [1.54, 1.807) is 0 Å². The minimum atomic E-state index is -0.811. The van der Waals surface area contributed by atoms with Gasteiger partial charge < -0.3 is 5.11 Å². The van der Waals surface area contributed by atoms with E-state index in [4.69, 9.17) is 5.11 Å². The van der Waals surface area contributed by atoms with Crippen LogP contribution in [-0.2, 0) is 11.2 Å². The van der Waals surface area contributed by atoms with Gasteiger partial charge in [0.15, 0.2) is 0 Å². The molecule has 0 atom stereocenters. The normalized spacial score (nSPS) is 10.2. The predicted octanol–water partition coefficient (Wildman–Crippen LogP) is 4.32. The summed E-state index contributed by atoms with van der Waals surface area (Å²) >= 11 is 0. The van der Waals surface area contributed by atoms with Crippen molar-refractivity contribution in [3.8, 4) is 11.1 Å². The molecule has 2 aromatic carbocycles. The monoisotopic (exact) mass is 266 g/mol. The van der Waals surface area contributed by atoms with E-state index in [9.17, 15) is 4.79 Å². The molecule has 0 fully saturated rings. The van der Waals surface area contributed by atoms with Gasteiger partial charge in [-0.2, -0.15) is 0 Å². The molecule has 0 radical (unpaired) electrons. The number of carbonyl (C=O) groups is 1. The molecule has 102 valence electrons. The third-order valence-electron chi connectivity index (χ3n) is 3.23. The lowest BCUT2D eigenvalue weighted by Crippen LogP contribution is -1.97. The summed E-state index contributed by atoms with van der Waals surface area (Å²) in [5.41, 5.74) is 4.37.